The van der Waals surface area contributed by atoms with Gasteiger partial charge < -0.3 is 14.7 Å². The average molecular weight is 283 g/mol. The van der Waals surface area contributed by atoms with Crippen LogP contribution in [0.4, 0.5) is 0 Å². The quantitative estimate of drug-likeness (QED) is 0.916. The second-order valence-electron chi connectivity index (χ2n) is 4.67. The summed E-state index contributed by atoms with van der Waals surface area (Å²) in [5.74, 6) is -0.928. The number of carbonyl (C=O) groups is 2. The second kappa shape index (κ2) is 5.71. The summed E-state index contributed by atoms with van der Waals surface area (Å²) in [7, 11) is 0. The molecule has 1 atom stereocenters. The SMILES string of the molecule is Cc1scc(C(=O)N2CCOC(CC(=O)O)C2)c1C. The molecule has 0 aromatic carbocycles. The number of hydrogen-bond acceptors (Lipinski definition) is 4. The summed E-state index contributed by atoms with van der Waals surface area (Å²) in [5, 5.41) is 10.6. The Labute approximate surface area is 115 Å². The summed E-state index contributed by atoms with van der Waals surface area (Å²) in [6.45, 7) is 5.19. The highest BCUT2D eigenvalue weighted by Gasteiger charge is 2.27. The number of nitrogens with zero attached hydrogens (tertiary/aromatic N) is 1. The molecule has 1 unspecified atom stereocenters. The van der Waals surface area contributed by atoms with Gasteiger partial charge in [-0.25, -0.2) is 0 Å². The number of aryl methyl sites for hydroxylation is 1. The van der Waals surface area contributed by atoms with Crippen LogP contribution >= 0.6 is 11.3 Å². The Bertz CT molecular complexity index is 497. The highest BCUT2D eigenvalue weighted by Crippen LogP contribution is 2.23. The highest BCUT2D eigenvalue weighted by molar-refractivity contribution is 7.10. The van der Waals surface area contributed by atoms with Crippen LogP contribution in [-0.2, 0) is 9.53 Å². The Morgan fingerprint density at radius 3 is 2.84 bits per heavy atom. The molecule has 1 fully saturated rings. The summed E-state index contributed by atoms with van der Waals surface area (Å²) in [6.07, 6.45) is -0.471. The van der Waals surface area contributed by atoms with Crippen molar-refractivity contribution in [3.8, 4) is 0 Å². The molecular weight excluding hydrogens is 266 g/mol. The van der Waals surface area contributed by atoms with Gasteiger partial charge >= 0.3 is 5.97 Å². The lowest BCUT2D eigenvalue weighted by atomic mass is 10.1. The smallest absolute Gasteiger partial charge is 0.306 e. The number of carboxylic acids is 1. The van der Waals surface area contributed by atoms with Crippen molar-refractivity contribution < 1.29 is 19.4 Å². The van der Waals surface area contributed by atoms with Gasteiger partial charge in [0.15, 0.2) is 0 Å². The Kier molecular flexibility index (Phi) is 4.21. The van der Waals surface area contributed by atoms with Crippen molar-refractivity contribution in [3.05, 3.63) is 21.4 Å². The number of hydrogen-bond donors (Lipinski definition) is 1. The number of aliphatic carboxylic acids is 1. The predicted octanol–water partition coefficient (Wildman–Crippen LogP) is 1.68. The number of amides is 1. The van der Waals surface area contributed by atoms with E-state index in [2.05, 4.69) is 0 Å². The van der Waals surface area contributed by atoms with Crippen LogP contribution in [0, 0.1) is 13.8 Å². The maximum absolute atomic E-state index is 12.4. The fourth-order valence-electron chi connectivity index (χ4n) is 2.12. The van der Waals surface area contributed by atoms with Gasteiger partial charge in [-0.1, -0.05) is 0 Å². The molecule has 19 heavy (non-hydrogen) atoms. The van der Waals surface area contributed by atoms with Gasteiger partial charge in [-0.3, -0.25) is 9.59 Å². The molecule has 0 radical (unpaired) electrons. The maximum Gasteiger partial charge on any atom is 0.306 e. The van der Waals surface area contributed by atoms with E-state index in [9.17, 15) is 9.59 Å². The first-order chi connectivity index (χ1) is 8.99. The van der Waals surface area contributed by atoms with Crippen molar-refractivity contribution in [2.75, 3.05) is 19.7 Å². The van der Waals surface area contributed by atoms with Gasteiger partial charge in [0.05, 0.1) is 24.7 Å². The zero-order chi connectivity index (χ0) is 14.0. The molecular formula is C13H17NO4S. The molecule has 1 aromatic heterocycles. The largest absolute Gasteiger partial charge is 0.481 e. The van der Waals surface area contributed by atoms with Crippen molar-refractivity contribution >= 4 is 23.2 Å². The monoisotopic (exact) mass is 283 g/mol. The third-order valence-electron chi connectivity index (χ3n) is 3.34. The fourth-order valence-corrected chi connectivity index (χ4v) is 2.98. The first-order valence-corrected chi connectivity index (χ1v) is 7.04. The third kappa shape index (κ3) is 3.13. The second-order valence-corrected chi connectivity index (χ2v) is 5.76. The van der Waals surface area contributed by atoms with Crippen LogP contribution in [0.25, 0.3) is 0 Å². The van der Waals surface area contributed by atoms with Crippen LogP contribution in [0.2, 0.25) is 0 Å². The summed E-state index contributed by atoms with van der Waals surface area (Å²) >= 11 is 1.56. The van der Waals surface area contributed by atoms with Crippen molar-refractivity contribution in [2.45, 2.75) is 26.4 Å². The van der Waals surface area contributed by atoms with E-state index in [0.717, 1.165) is 16.0 Å². The fraction of sp³-hybridized carbons (Fsp3) is 0.538. The van der Waals surface area contributed by atoms with Crippen molar-refractivity contribution in [1.29, 1.82) is 0 Å². The van der Waals surface area contributed by atoms with Gasteiger partial charge in [0.25, 0.3) is 5.91 Å². The number of rotatable bonds is 3. The zero-order valence-corrected chi connectivity index (χ0v) is 11.8. The molecule has 0 bridgehead atoms. The Morgan fingerprint density at radius 2 is 2.26 bits per heavy atom. The normalized spacial score (nSPS) is 19.5. The molecule has 6 heteroatoms. The van der Waals surface area contributed by atoms with E-state index in [0.29, 0.717) is 19.7 Å². The summed E-state index contributed by atoms with van der Waals surface area (Å²) in [4.78, 5) is 25.9. The number of ether oxygens (including phenoxy) is 1. The van der Waals surface area contributed by atoms with E-state index in [4.69, 9.17) is 9.84 Å². The van der Waals surface area contributed by atoms with E-state index in [1.54, 1.807) is 16.2 Å². The lowest BCUT2D eigenvalue weighted by Crippen LogP contribution is -2.46. The van der Waals surface area contributed by atoms with Crippen LogP contribution in [0.3, 0.4) is 0 Å². The molecule has 2 rings (SSSR count). The average Bonchev–Trinajstić information content (AvgIpc) is 2.69. The first-order valence-electron chi connectivity index (χ1n) is 6.16. The lowest BCUT2D eigenvalue weighted by molar-refractivity contribution is -0.141. The van der Waals surface area contributed by atoms with Crippen LogP contribution in [0.1, 0.15) is 27.2 Å². The lowest BCUT2D eigenvalue weighted by Gasteiger charge is -2.32. The third-order valence-corrected chi connectivity index (χ3v) is 4.36. The van der Waals surface area contributed by atoms with Crippen molar-refractivity contribution in [3.63, 3.8) is 0 Å². The first kappa shape index (κ1) is 14.0. The van der Waals surface area contributed by atoms with Gasteiger partial charge in [0.1, 0.15) is 0 Å². The number of thiophene rings is 1. The molecule has 5 nitrogen and oxygen atoms in total. The zero-order valence-electron chi connectivity index (χ0n) is 11.0. The van der Waals surface area contributed by atoms with E-state index < -0.39 is 12.1 Å². The van der Waals surface area contributed by atoms with E-state index >= 15 is 0 Å². The summed E-state index contributed by atoms with van der Waals surface area (Å²) in [6, 6.07) is 0. The van der Waals surface area contributed by atoms with Gasteiger partial charge in [-0.15, -0.1) is 11.3 Å². The standard InChI is InChI=1S/C13H17NO4S/c1-8-9(2)19-7-11(8)13(17)14-3-4-18-10(6-14)5-12(15)16/h7,10H,3-6H2,1-2H3,(H,15,16). The van der Waals surface area contributed by atoms with E-state index in [1.807, 2.05) is 19.2 Å². The van der Waals surface area contributed by atoms with E-state index in [-0.39, 0.29) is 12.3 Å². The van der Waals surface area contributed by atoms with Gasteiger partial charge in [-0.2, -0.15) is 0 Å². The van der Waals surface area contributed by atoms with Gasteiger partial charge in [0.2, 0.25) is 0 Å². The molecule has 1 amide bonds. The Hall–Kier alpha value is -1.40. The summed E-state index contributed by atoms with van der Waals surface area (Å²) in [5.41, 5.74) is 1.73. The molecule has 1 aliphatic rings. The minimum atomic E-state index is -0.901. The minimum absolute atomic E-state index is 0.0273. The molecule has 0 aliphatic carbocycles. The molecule has 1 aromatic rings. The topological polar surface area (TPSA) is 66.8 Å². The Balaban J connectivity index is 2.07. The molecule has 0 spiro atoms. The van der Waals surface area contributed by atoms with Crippen LogP contribution in [0.5, 0.6) is 0 Å². The number of carboxylic acid groups (broad SMARTS) is 1. The predicted molar refractivity (Wildman–Crippen MR) is 71.7 cm³/mol. The molecule has 1 saturated heterocycles. The highest BCUT2D eigenvalue weighted by atomic mass is 32.1. The van der Waals surface area contributed by atoms with Crippen LogP contribution in [-0.4, -0.2) is 47.7 Å². The molecule has 2 heterocycles. The Morgan fingerprint density at radius 1 is 1.53 bits per heavy atom. The van der Waals surface area contributed by atoms with Crippen LogP contribution < -0.4 is 0 Å². The van der Waals surface area contributed by atoms with Gasteiger partial charge in [-0.05, 0) is 19.4 Å². The van der Waals surface area contributed by atoms with Gasteiger partial charge in [0, 0.05) is 23.3 Å². The van der Waals surface area contributed by atoms with Crippen molar-refractivity contribution in [2.24, 2.45) is 0 Å². The minimum Gasteiger partial charge on any atom is -0.481 e. The number of morpholine rings is 1. The maximum atomic E-state index is 12.4. The molecule has 0 saturated carbocycles. The van der Waals surface area contributed by atoms with Crippen LogP contribution in [0.15, 0.2) is 5.38 Å². The summed E-state index contributed by atoms with van der Waals surface area (Å²) < 4.78 is 5.37. The molecule has 1 N–H and O–H groups in total. The number of carbonyl (C=O) groups excluding carboxylic acids is 1. The van der Waals surface area contributed by atoms with Crippen molar-refractivity contribution in [1.82, 2.24) is 4.90 Å². The van der Waals surface area contributed by atoms with E-state index in [1.165, 1.54) is 0 Å². The molecule has 104 valence electrons. The molecule has 1 aliphatic heterocycles.